The number of aryl methyl sites for hydroxylation is 1. The number of nitrogens with zero attached hydrogens (tertiary/aromatic N) is 3. The molecule has 3 aromatic heterocycles. The lowest BCUT2D eigenvalue weighted by molar-refractivity contribution is -0.136. The lowest BCUT2D eigenvalue weighted by Gasteiger charge is -2.13. The van der Waals surface area contributed by atoms with Gasteiger partial charge in [-0.05, 0) is 55.5 Å². The first-order valence-corrected chi connectivity index (χ1v) is 13.1. The Bertz CT molecular complexity index is 2160. The molecular weight excluding hydrogens is 579 g/mol. The number of carbonyl (C=O) groups excluding carboxylic acids is 2. The topological polar surface area (TPSA) is 161 Å². The predicted molar refractivity (Wildman–Crippen MR) is 158 cm³/mol. The highest BCUT2D eigenvalue weighted by Gasteiger charge is 2.33. The molecule has 3 aromatic carbocycles. The highest BCUT2D eigenvalue weighted by molar-refractivity contribution is 6.07. The van der Waals surface area contributed by atoms with Gasteiger partial charge in [-0.15, -0.1) is 0 Å². The minimum Gasteiger partial charge on any atom is -0.454 e. The van der Waals surface area contributed by atoms with E-state index in [1.165, 1.54) is 41.9 Å². The zero-order valence-corrected chi connectivity index (χ0v) is 23.0. The number of amides is 2. The first kappa shape index (κ1) is 28.2. The Morgan fingerprint density at radius 2 is 1.75 bits per heavy atom. The zero-order chi connectivity index (χ0) is 31.3. The van der Waals surface area contributed by atoms with E-state index < -0.39 is 23.2 Å². The molecule has 2 amide bonds. The Kier molecular flexibility index (Phi) is 6.68. The van der Waals surface area contributed by atoms with Crippen molar-refractivity contribution in [1.29, 1.82) is 0 Å². The van der Waals surface area contributed by atoms with Crippen LogP contribution >= 0.6 is 0 Å². The van der Waals surface area contributed by atoms with Gasteiger partial charge in [-0.25, -0.2) is 9.78 Å². The van der Waals surface area contributed by atoms with E-state index in [1.54, 1.807) is 37.3 Å². The number of aromatic nitrogens is 4. The molecule has 0 atom stereocenters. The Morgan fingerprint density at radius 1 is 1.02 bits per heavy atom. The molecule has 0 unspecified atom stereocenters. The molecule has 0 radical (unpaired) electrons. The summed E-state index contributed by atoms with van der Waals surface area (Å²) in [6.07, 6.45) is -4.66. The molecule has 44 heavy (non-hydrogen) atoms. The van der Waals surface area contributed by atoms with Crippen LogP contribution < -0.4 is 21.9 Å². The molecule has 0 saturated carbocycles. The summed E-state index contributed by atoms with van der Waals surface area (Å²) in [5, 5.41) is 16.5. The SMILES string of the molecule is CC(=O)Nc1ccc(-n2nc3c(=O)[nH]nc(N)c3c2-c2oc3cc(C(=O)Nc4ccccc4C(F)(F)F)ccc3c2C)cc1. The Balaban J connectivity index is 1.47. The van der Waals surface area contributed by atoms with Crippen LogP contribution in [0.25, 0.3) is 39.0 Å². The van der Waals surface area contributed by atoms with Gasteiger partial charge in [0.2, 0.25) is 5.91 Å². The fourth-order valence-electron chi connectivity index (χ4n) is 4.95. The van der Waals surface area contributed by atoms with Crippen molar-refractivity contribution in [2.45, 2.75) is 20.0 Å². The molecule has 222 valence electrons. The molecule has 14 heteroatoms. The number of nitrogen functional groups attached to an aromatic ring is 1. The fraction of sp³-hybridized carbons (Fsp3) is 0.100. The summed E-state index contributed by atoms with van der Waals surface area (Å²) in [6.45, 7) is 3.15. The molecule has 0 saturated heterocycles. The second-order valence-corrected chi connectivity index (χ2v) is 9.91. The van der Waals surface area contributed by atoms with Gasteiger partial charge >= 0.3 is 6.18 Å². The number of H-pyrrole nitrogens is 1. The number of fused-ring (bicyclic) bond motifs is 2. The van der Waals surface area contributed by atoms with Crippen LogP contribution in [0.15, 0.2) is 75.9 Å². The first-order chi connectivity index (χ1) is 20.9. The fourth-order valence-corrected chi connectivity index (χ4v) is 4.95. The van der Waals surface area contributed by atoms with Gasteiger partial charge in [-0.1, -0.05) is 18.2 Å². The summed E-state index contributed by atoms with van der Waals surface area (Å²) in [4.78, 5) is 37.2. The van der Waals surface area contributed by atoms with Crippen LogP contribution in [0.3, 0.4) is 0 Å². The van der Waals surface area contributed by atoms with Crippen LogP contribution in [0.1, 0.15) is 28.4 Å². The maximum Gasteiger partial charge on any atom is 0.418 e. The van der Waals surface area contributed by atoms with Crippen molar-refractivity contribution >= 4 is 50.9 Å². The number of furan rings is 1. The van der Waals surface area contributed by atoms with Crippen LogP contribution in [0.5, 0.6) is 0 Å². The van der Waals surface area contributed by atoms with Crippen molar-refractivity contribution in [1.82, 2.24) is 20.0 Å². The molecule has 11 nitrogen and oxygen atoms in total. The number of anilines is 3. The van der Waals surface area contributed by atoms with Crippen LogP contribution in [0, 0.1) is 6.92 Å². The summed E-state index contributed by atoms with van der Waals surface area (Å²) in [7, 11) is 0. The van der Waals surface area contributed by atoms with Crippen molar-refractivity contribution in [3.8, 4) is 17.1 Å². The Labute approximate surface area is 245 Å². The summed E-state index contributed by atoms with van der Waals surface area (Å²) in [5.41, 5.74) is 6.55. The third-order valence-corrected chi connectivity index (χ3v) is 6.96. The maximum absolute atomic E-state index is 13.5. The zero-order valence-electron chi connectivity index (χ0n) is 23.0. The number of rotatable bonds is 5. The first-order valence-electron chi connectivity index (χ1n) is 13.1. The van der Waals surface area contributed by atoms with Crippen LogP contribution in [0.4, 0.5) is 30.4 Å². The number of carbonyl (C=O) groups is 2. The van der Waals surface area contributed by atoms with E-state index in [-0.39, 0.29) is 45.2 Å². The lowest BCUT2D eigenvalue weighted by Crippen LogP contribution is -2.16. The average molecular weight is 602 g/mol. The van der Waals surface area contributed by atoms with E-state index in [1.807, 2.05) is 0 Å². The van der Waals surface area contributed by atoms with E-state index in [0.29, 0.717) is 28.0 Å². The predicted octanol–water partition coefficient (Wildman–Crippen LogP) is 5.64. The van der Waals surface area contributed by atoms with Gasteiger partial charge < -0.3 is 20.8 Å². The standard InChI is InChI=1S/C30H22F3N7O4/c1-14-19-12-7-16(28(42)36-21-6-4-3-5-20(21)30(31,32)33)13-22(19)44-26(14)25-23-24(29(43)38-37-27(23)34)39-40(25)18-10-8-17(9-11-18)35-15(2)41/h3-13H,1-2H3,(H2,34,37)(H,35,41)(H,36,42)(H,38,43). The highest BCUT2D eigenvalue weighted by Crippen LogP contribution is 2.40. The van der Waals surface area contributed by atoms with Gasteiger partial charge in [0.25, 0.3) is 11.5 Å². The monoisotopic (exact) mass is 601 g/mol. The van der Waals surface area contributed by atoms with E-state index in [2.05, 4.69) is 25.9 Å². The summed E-state index contributed by atoms with van der Waals surface area (Å²) < 4.78 is 48.1. The van der Waals surface area contributed by atoms with Crippen LogP contribution in [0.2, 0.25) is 0 Å². The van der Waals surface area contributed by atoms with Crippen molar-refractivity contribution in [2.75, 3.05) is 16.4 Å². The number of para-hydroxylation sites is 1. The van der Waals surface area contributed by atoms with Crippen LogP contribution in [-0.2, 0) is 11.0 Å². The molecule has 6 rings (SSSR count). The van der Waals surface area contributed by atoms with E-state index in [4.69, 9.17) is 10.2 Å². The summed E-state index contributed by atoms with van der Waals surface area (Å²) in [6, 6.07) is 15.8. The summed E-state index contributed by atoms with van der Waals surface area (Å²) in [5.74, 6) is -0.760. The minimum absolute atomic E-state index is 0.00157. The number of nitrogens with two attached hydrogens (primary N) is 1. The van der Waals surface area contributed by atoms with Gasteiger partial charge in [-0.3, -0.25) is 14.4 Å². The van der Waals surface area contributed by atoms with Gasteiger partial charge in [-0.2, -0.15) is 23.4 Å². The number of hydrogen-bond acceptors (Lipinski definition) is 7. The number of alkyl halides is 3. The number of benzene rings is 3. The van der Waals surface area contributed by atoms with E-state index in [9.17, 15) is 27.6 Å². The highest BCUT2D eigenvalue weighted by atomic mass is 19.4. The van der Waals surface area contributed by atoms with E-state index >= 15 is 0 Å². The molecular formula is C30H22F3N7O4. The molecule has 0 aliphatic rings. The van der Waals surface area contributed by atoms with E-state index in [0.717, 1.165) is 6.07 Å². The van der Waals surface area contributed by atoms with Crippen molar-refractivity contribution < 1.29 is 27.2 Å². The number of nitrogens with one attached hydrogen (secondary N) is 3. The third-order valence-electron chi connectivity index (χ3n) is 6.96. The Morgan fingerprint density at radius 3 is 2.45 bits per heavy atom. The molecule has 0 aliphatic carbocycles. The lowest BCUT2D eigenvalue weighted by atomic mass is 10.1. The third kappa shape index (κ3) is 4.91. The molecule has 3 heterocycles. The molecule has 0 bridgehead atoms. The average Bonchev–Trinajstić information content (AvgIpc) is 3.53. The Hall–Kier alpha value is -5.92. The minimum atomic E-state index is -4.66. The van der Waals surface area contributed by atoms with Gasteiger partial charge in [0.15, 0.2) is 17.1 Å². The van der Waals surface area contributed by atoms with Gasteiger partial charge in [0.05, 0.1) is 22.3 Å². The second kappa shape index (κ2) is 10.4. The molecule has 6 aromatic rings. The smallest absolute Gasteiger partial charge is 0.418 e. The number of halogens is 3. The van der Waals surface area contributed by atoms with Crippen molar-refractivity contribution in [3.63, 3.8) is 0 Å². The normalized spacial score (nSPS) is 11.7. The molecule has 0 aliphatic heterocycles. The van der Waals surface area contributed by atoms with Crippen LogP contribution in [-0.4, -0.2) is 31.8 Å². The van der Waals surface area contributed by atoms with Crippen molar-refractivity contribution in [2.24, 2.45) is 0 Å². The number of aromatic amines is 1. The van der Waals surface area contributed by atoms with Gasteiger partial charge in [0, 0.05) is 29.1 Å². The summed E-state index contributed by atoms with van der Waals surface area (Å²) >= 11 is 0. The molecule has 5 N–H and O–H groups in total. The molecule has 0 spiro atoms. The quantitative estimate of drug-likeness (QED) is 0.199. The second-order valence-electron chi connectivity index (χ2n) is 9.91. The number of hydrogen-bond donors (Lipinski definition) is 4. The van der Waals surface area contributed by atoms with Crippen molar-refractivity contribution in [3.05, 3.63) is 93.8 Å². The van der Waals surface area contributed by atoms with Gasteiger partial charge in [0.1, 0.15) is 11.3 Å². The maximum atomic E-state index is 13.5. The molecule has 0 fully saturated rings. The largest absolute Gasteiger partial charge is 0.454 e.